The van der Waals surface area contributed by atoms with E-state index in [-0.39, 0.29) is 38.5 Å². The lowest BCUT2D eigenvalue weighted by molar-refractivity contribution is 0.101. The smallest absolute Gasteiger partial charge is 0.342 e. The summed E-state index contributed by atoms with van der Waals surface area (Å²) in [7, 11) is 1.36. The number of Topliss-reactive ketones (excluding diaryl/α,β-unsaturated/α-hetero) is 1. The first kappa shape index (κ1) is 19.5. The maximum Gasteiger partial charge on any atom is 0.342 e. The summed E-state index contributed by atoms with van der Waals surface area (Å²) >= 11 is 12.4. The summed E-state index contributed by atoms with van der Waals surface area (Å²) in [6.45, 7) is 1.24. The average Bonchev–Trinajstić information content (AvgIpc) is 2.60. The van der Waals surface area contributed by atoms with Gasteiger partial charge in [-0.05, 0) is 19.1 Å². The third-order valence-corrected chi connectivity index (χ3v) is 4.17. The Kier molecular flexibility index (Phi) is 5.16. The predicted octanol–water partition coefficient (Wildman–Crippen LogP) is 1.52. The van der Waals surface area contributed by atoms with Crippen molar-refractivity contribution in [3.63, 3.8) is 0 Å². The Balaban J connectivity index is 2.05. The van der Waals surface area contributed by atoms with E-state index < -0.39 is 22.6 Å². The van der Waals surface area contributed by atoms with E-state index in [0.29, 0.717) is 0 Å². The summed E-state index contributed by atoms with van der Waals surface area (Å²) in [5, 5.41) is 9.70. The number of ether oxygens (including phenoxy) is 1. The zero-order chi connectivity index (χ0) is 20.6. The molecule has 0 aliphatic rings. The molecular formula is C16H11Cl2N5O5. The number of H-pyrrole nitrogens is 2. The number of aromatic amines is 2. The van der Waals surface area contributed by atoms with Crippen molar-refractivity contribution < 1.29 is 9.53 Å². The number of hydrogen-bond donors (Lipinski definition) is 2. The minimum absolute atomic E-state index is 0.00594. The minimum atomic E-state index is -0.757. The van der Waals surface area contributed by atoms with Crippen LogP contribution in [0.15, 0.2) is 32.6 Å². The number of nitrogens with zero attached hydrogens (tertiary/aromatic N) is 3. The molecule has 0 spiro atoms. The number of benzene rings is 1. The first-order valence-corrected chi connectivity index (χ1v) is 8.38. The fourth-order valence-corrected chi connectivity index (χ4v) is 2.89. The SMILES string of the molecule is CC(=O)c1cc(Oc2c(Cl)cc(-c3n[nH]c(=O)[nH]c3=O)cc2Cl)nn(C)c1=O. The van der Waals surface area contributed by atoms with Crippen LogP contribution in [0.2, 0.25) is 10.0 Å². The van der Waals surface area contributed by atoms with Crippen molar-refractivity contribution in [2.75, 3.05) is 0 Å². The number of rotatable bonds is 4. The molecule has 2 aromatic heterocycles. The molecule has 0 saturated heterocycles. The molecule has 0 aliphatic heterocycles. The highest BCUT2D eigenvalue weighted by molar-refractivity contribution is 6.37. The Labute approximate surface area is 165 Å². The summed E-state index contributed by atoms with van der Waals surface area (Å²) in [6, 6.07) is 3.89. The van der Waals surface area contributed by atoms with Crippen LogP contribution in [-0.4, -0.2) is 30.7 Å². The zero-order valence-electron chi connectivity index (χ0n) is 14.4. The molecule has 0 amide bonds. The number of carbonyl (C=O) groups excluding carboxylic acids is 1. The molecule has 0 fully saturated rings. The zero-order valence-corrected chi connectivity index (χ0v) is 15.9. The highest BCUT2D eigenvalue weighted by atomic mass is 35.5. The standard InChI is InChI=1S/C16H11Cl2N5O5/c1-6(24)8-5-11(22-23(2)15(8)26)28-13-9(17)3-7(4-10(13)18)12-14(25)19-16(27)21-20-12/h3-5H,1-2H3,(H2,19,21,25,27). The maximum absolute atomic E-state index is 11.9. The Bertz CT molecular complexity index is 1250. The molecule has 0 unspecified atom stereocenters. The van der Waals surface area contributed by atoms with Crippen LogP contribution in [0.5, 0.6) is 11.6 Å². The van der Waals surface area contributed by atoms with Gasteiger partial charge in [0.2, 0.25) is 5.88 Å². The van der Waals surface area contributed by atoms with Crippen molar-refractivity contribution in [1.29, 1.82) is 0 Å². The molecule has 144 valence electrons. The molecule has 10 nitrogen and oxygen atoms in total. The lowest BCUT2D eigenvalue weighted by atomic mass is 10.1. The van der Waals surface area contributed by atoms with E-state index in [2.05, 4.69) is 15.3 Å². The van der Waals surface area contributed by atoms with Crippen LogP contribution in [0.4, 0.5) is 0 Å². The van der Waals surface area contributed by atoms with Gasteiger partial charge >= 0.3 is 5.69 Å². The van der Waals surface area contributed by atoms with Gasteiger partial charge in [-0.25, -0.2) is 14.6 Å². The summed E-state index contributed by atoms with van der Waals surface area (Å²) in [5.41, 5.74) is -2.04. The van der Waals surface area contributed by atoms with Crippen LogP contribution in [0.25, 0.3) is 11.3 Å². The average molecular weight is 424 g/mol. The highest BCUT2D eigenvalue weighted by Gasteiger charge is 2.17. The minimum Gasteiger partial charge on any atom is -0.434 e. The highest BCUT2D eigenvalue weighted by Crippen LogP contribution is 2.38. The molecule has 12 heteroatoms. The van der Waals surface area contributed by atoms with E-state index in [1.165, 1.54) is 32.2 Å². The van der Waals surface area contributed by atoms with Crippen molar-refractivity contribution in [3.8, 4) is 22.9 Å². The van der Waals surface area contributed by atoms with E-state index in [9.17, 15) is 19.2 Å². The third-order valence-electron chi connectivity index (χ3n) is 3.61. The second-order valence-electron chi connectivity index (χ2n) is 5.61. The Morgan fingerprint density at radius 2 is 1.79 bits per heavy atom. The number of nitrogens with one attached hydrogen (secondary N) is 2. The molecule has 0 bridgehead atoms. The molecule has 2 heterocycles. The fourth-order valence-electron chi connectivity index (χ4n) is 2.33. The second kappa shape index (κ2) is 7.41. The largest absolute Gasteiger partial charge is 0.434 e. The van der Waals surface area contributed by atoms with Gasteiger partial charge in [-0.15, -0.1) is 5.10 Å². The summed E-state index contributed by atoms with van der Waals surface area (Å²) in [6.07, 6.45) is 0. The molecule has 3 aromatic rings. The van der Waals surface area contributed by atoms with E-state index in [0.717, 1.165) is 4.68 Å². The normalized spacial score (nSPS) is 10.7. The summed E-state index contributed by atoms with van der Waals surface area (Å²) in [4.78, 5) is 48.5. The van der Waals surface area contributed by atoms with Gasteiger partial charge in [0, 0.05) is 18.7 Å². The van der Waals surface area contributed by atoms with Gasteiger partial charge in [-0.2, -0.15) is 5.10 Å². The number of halogens is 2. The van der Waals surface area contributed by atoms with Crippen molar-refractivity contribution in [1.82, 2.24) is 25.0 Å². The van der Waals surface area contributed by atoms with Crippen LogP contribution in [0, 0.1) is 0 Å². The van der Waals surface area contributed by atoms with Crippen LogP contribution in [0.1, 0.15) is 17.3 Å². The Hall–Kier alpha value is -3.24. The van der Waals surface area contributed by atoms with Crippen molar-refractivity contribution >= 4 is 29.0 Å². The topological polar surface area (TPSA) is 140 Å². The summed E-state index contributed by atoms with van der Waals surface area (Å²) < 4.78 is 6.51. The van der Waals surface area contributed by atoms with Gasteiger partial charge in [0.05, 0.1) is 15.6 Å². The molecule has 0 aliphatic carbocycles. The number of aryl methyl sites for hydroxylation is 1. The van der Waals surface area contributed by atoms with Gasteiger partial charge < -0.3 is 4.74 Å². The van der Waals surface area contributed by atoms with Crippen molar-refractivity contribution in [2.24, 2.45) is 7.05 Å². The van der Waals surface area contributed by atoms with E-state index >= 15 is 0 Å². The quantitative estimate of drug-likeness (QED) is 0.605. The summed E-state index contributed by atoms with van der Waals surface area (Å²) in [5.74, 6) is -0.541. The fraction of sp³-hybridized carbons (Fsp3) is 0.125. The van der Waals surface area contributed by atoms with Crippen LogP contribution >= 0.6 is 23.2 Å². The van der Waals surface area contributed by atoms with Gasteiger partial charge in [0.25, 0.3) is 11.1 Å². The molecule has 3 rings (SSSR count). The molecule has 0 radical (unpaired) electrons. The van der Waals surface area contributed by atoms with Crippen LogP contribution in [0.3, 0.4) is 0 Å². The maximum atomic E-state index is 11.9. The monoisotopic (exact) mass is 423 g/mol. The lowest BCUT2D eigenvalue weighted by Crippen LogP contribution is -2.25. The molecular weight excluding hydrogens is 413 g/mol. The van der Waals surface area contributed by atoms with Gasteiger partial charge in [0.15, 0.2) is 17.2 Å². The first-order chi connectivity index (χ1) is 13.2. The molecule has 28 heavy (non-hydrogen) atoms. The third kappa shape index (κ3) is 3.73. The second-order valence-corrected chi connectivity index (χ2v) is 6.42. The Morgan fingerprint density at radius 1 is 1.14 bits per heavy atom. The van der Waals surface area contributed by atoms with Gasteiger partial charge in [0.1, 0.15) is 0 Å². The van der Waals surface area contributed by atoms with Crippen molar-refractivity contribution in [3.05, 3.63) is 65.0 Å². The van der Waals surface area contributed by atoms with Crippen LogP contribution < -0.4 is 21.5 Å². The number of carbonyl (C=O) groups is 1. The lowest BCUT2D eigenvalue weighted by Gasteiger charge is -2.11. The number of aromatic nitrogens is 5. The van der Waals surface area contributed by atoms with Crippen LogP contribution in [-0.2, 0) is 7.05 Å². The van der Waals surface area contributed by atoms with E-state index in [4.69, 9.17) is 27.9 Å². The van der Waals surface area contributed by atoms with Crippen molar-refractivity contribution in [2.45, 2.75) is 6.92 Å². The Morgan fingerprint density at radius 3 is 2.36 bits per heavy atom. The number of ketones is 1. The predicted molar refractivity (Wildman–Crippen MR) is 100 cm³/mol. The first-order valence-electron chi connectivity index (χ1n) is 7.63. The number of hydrogen-bond acceptors (Lipinski definition) is 7. The van der Waals surface area contributed by atoms with E-state index in [1.54, 1.807) is 0 Å². The molecule has 0 saturated carbocycles. The molecule has 0 atom stereocenters. The molecule has 1 aromatic carbocycles. The molecule has 2 N–H and O–H groups in total. The van der Waals surface area contributed by atoms with Gasteiger partial charge in [-0.1, -0.05) is 23.2 Å². The van der Waals surface area contributed by atoms with Gasteiger partial charge in [-0.3, -0.25) is 19.4 Å². The van der Waals surface area contributed by atoms with E-state index in [1.807, 2.05) is 4.98 Å².